The third kappa shape index (κ3) is 9.78. The highest BCUT2D eigenvalue weighted by atomic mass is 32.2. The molecule has 274 valence electrons. The fraction of sp³-hybridized carbons (Fsp3) is 0.385. The second kappa shape index (κ2) is 18.4. The molecule has 0 spiro atoms. The zero-order valence-corrected chi connectivity index (χ0v) is 30.4. The third-order valence-electron chi connectivity index (χ3n) is 8.89. The van der Waals surface area contributed by atoms with E-state index in [-0.39, 0.29) is 40.5 Å². The van der Waals surface area contributed by atoms with Crippen LogP contribution in [-0.2, 0) is 14.3 Å². The van der Waals surface area contributed by atoms with Gasteiger partial charge in [-0.1, -0.05) is 35.5 Å². The molecule has 0 fully saturated rings. The maximum atomic E-state index is 14.0. The van der Waals surface area contributed by atoms with E-state index in [4.69, 9.17) is 14.0 Å². The van der Waals surface area contributed by atoms with Crippen molar-refractivity contribution in [1.82, 2.24) is 20.4 Å². The number of benzene rings is 2. The normalized spacial score (nSPS) is 16.6. The molecule has 1 aliphatic heterocycles. The van der Waals surface area contributed by atoms with Gasteiger partial charge in [-0.3, -0.25) is 14.6 Å². The first-order valence-electron chi connectivity index (χ1n) is 17.3. The molecule has 1 aliphatic rings. The number of nitrogens with zero attached hydrogens (tertiary/aromatic N) is 3. The molecule has 1 amide bonds. The number of ketones is 1. The van der Waals surface area contributed by atoms with E-state index in [1.54, 1.807) is 73.4 Å². The Morgan fingerprint density at radius 1 is 1.12 bits per heavy atom. The number of amides is 1. The largest absolute Gasteiger partial charge is 0.507 e. The Hall–Kier alpha value is -5.17. The van der Waals surface area contributed by atoms with Crippen LogP contribution >= 0.6 is 11.8 Å². The maximum Gasteiger partial charge on any atom is 0.342 e. The second-order valence-electron chi connectivity index (χ2n) is 12.7. The lowest BCUT2D eigenvalue weighted by Gasteiger charge is -2.24. The van der Waals surface area contributed by atoms with Crippen LogP contribution in [0.4, 0.5) is 0 Å². The molecule has 4 aromatic rings. The molecule has 5 rings (SSSR count). The predicted octanol–water partition coefficient (Wildman–Crippen LogP) is 7.17. The molecule has 0 saturated carbocycles. The first kappa shape index (κ1) is 38.1. The SMILES string of the molecule is COc1ccc(C(CC(=O)NC(CCSC)c2nc(-c3ccccn3)no2)c2c(O)cc3c(c2O)C(=O)O[C@@H](C)CCCC(=O)CCCC=C3)cc1. The lowest BCUT2D eigenvalue weighted by atomic mass is 9.84. The summed E-state index contributed by atoms with van der Waals surface area (Å²) < 4.78 is 16.7. The number of ether oxygens (including phenoxy) is 2. The van der Waals surface area contributed by atoms with E-state index in [1.807, 2.05) is 12.3 Å². The summed E-state index contributed by atoms with van der Waals surface area (Å²) >= 11 is 1.60. The van der Waals surface area contributed by atoms with Crippen molar-refractivity contribution >= 4 is 35.5 Å². The van der Waals surface area contributed by atoms with Gasteiger partial charge in [0.05, 0.1) is 13.2 Å². The van der Waals surface area contributed by atoms with Gasteiger partial charge in [-0.2, -0.15) is 16.7 Å². The Bertz CT molecular complexity index is 1860. The number of methoxy groups -OCH3 is 1. The lowest BCUT2D eigenvalue weighted by molar-refractivity contribution is -0.122. The fourth-order valence-corrected chi connectivity index (χ4v) is 6.62. The highest BCUT2D eigenvalue weighted by Gasteiger charge is 2.32. The topological polar surface area (TPSA) is 174 Å². The number of Topliss-reactive ketones (excluding diaryl/α,β-unsaturated/α-hetero) is 1. The van der Waals surface area contributed by atoms with Gasteiger partial charge in [-0.25, -0.2) is 4.79 Å². The Labute approximate surface area is 307 Å². The quantitative estimate of drug-likeness (QED) is 0.133. The van der Waals surface area contributed by atoms with Crippen LogP contribution in [0, 0.1) is 0 Å². The van der Waals surface area contributed by atoms with Crippen molar-refractivity contribution in [3.8, 4) is 28.8 Å². The van der Waals surface area contributed by atoms with Gasteiger partial charge in [0.25, 0.3) is 0 Å². The summed E-state index contributed by atoms with van der Waals surface area (Å²) in [5.41, 5.74) is 1.25. The molecule has 13 heteroatoms. The summed E-state index contributed by atoms with van der Waals surface area (Å²) in [5, 5.41) is 30.5. The molecule has 0 bridgehead atoms. The summed E-state index contributed by atoms with van der Waals surface area (Å²) in [7, 11) is 1.54. The number of hydrogen-bond acceptors (Lipinski definition) is 12. The van der Waals surface area contributed by atoms with Gasteiger partial charge < -0.3 is 29.5 Å². The summed E-state index contributed by atoms with van der Waals surface area (Å²) in [6, 6.07) is 13.0. The number of aromatic nitrogens is 3. The smallest absolute Gasteiger partial charge is 0.342 e. The molecule has 12 nitrogen and oxygen atoms in total. The van der Waals surface area contributed by atoms with Crippen LogP contribution in [0.3, 0.4) is 0 Å². The predicted molar refractivity (Wildman–Crippen MR) is 197 cm³/mol. The first-order chi connectivity index (χ1) is 25.2. The Kier molecular flexibility index (Phi) is 13.4. The fourth-order valence-electron chi connectivity index (χ4n) is 6.15. The molecular weight excluding hydrogens is 685 g/mol. The van der Waals surface area contributed by atoms with Gasteiger partial charge in [0.2, 0.25) is 17.6 Å². The number of allylic oxidation sites excluding steroid dienone is 1. The van der Waals surface area contributed by atoms with E-state index in [0.29, 0.717) is 73.5 Å². The van der Waals surface area contributed by atoms with Crippen molar-refractivity contribution in [3.63, 3.8) is 0 Å². The van der Waals surface area contributed by atoms with Crippen LogP contribution in [0.15, 0.2) is 65.3 Å². The number of phenolic OH excluding ortho intramolecular Hbond substituents is 2. The highest BCUT2D eigenvalue weighted by molar-refractivity contribution is 7.98. The number of hydrogen-bond donors (Lipinski definition) is 3. The second-order valence-corrected chi connectivity index (χ2v) is 13.7. The van der Waals surface area contributed by atoms with E-state index in [9.17, 15) is 24.6 Å². The van der Waals surface area contributed by atoms with Crippen molar-refractivity contribution in [2.24, 2.45) is 0 Å². The molecular formula is C39H44N4O8S. The lowest BCUT2D eigenvalue weighted by Crippen LogP contribution is -2.30. The number of fused-ring (bicyclic) bond motifs is 1. The van der Waals surface area contributed by atoms with Crippen LogP contribution in [0.2, 0.25) is 0 Å². The highest BCUT2D eigenvalue weighted by Crippen LogP contribution is 2.44. The molecule has 0 radical (unpaired) electrons. The van der Waals surface area contributed by atoms with Gasteiger partial charge in [0.1, 0.15) is 40.3 Å². The van der Waals surface area contributed by atoms with E-state index < -0.39 is 35.7 Å². The summed E-state index contributed by atoms with van der Waals surface area (Å²) in [6.45, 7) is 1.74. The Balaban J connectivity index is 1.51. The number of phenols is 2. The average Bonchev–Trinajstić information content (AvgIpc) is 3.63. The van der Waals surface area contributed by atoms with Crippen LogP contribution in [-0.4, -0.2) is 68.2 Å². The van der Waals surface area contributed by atoms with Crippen LogP contribution in [0.1, 0.15) is 103 Å². The summed E-state index contributed by atoms with van der Waals surface area (Å²) in [6.07, 6.45) is 9.86. The summed E-state index contributed by atoms with van der Waals surface area (Å²) in [5.74, 6) is -0.953. The maximum absolute atomic E-state index is 14.0. The van der Waals surface area contributed by atoms with E-state index in [1.165, 1.54) is 13.2 Å². The standard InChI is InChI=1S/C39H44N4O8S/c1-24-10-9-13-27(44)12-6-4-5-11-26-22-32(45)35(36(47)34(26)39(48)50-24)29(25-15-17-28(49-2)18-16-25)23-33(46)41-31(19-21-52-3)38-42-37(43-51-38)30-14-7-8-20-40-30/h5,7-8,11,14-18,20,22,24,29,31,45,47H,4,6,9-10,12-13,19,21,23H2,1-3H3,(H,41,46)/t24-,29?,31?/m0/s1. The molecule has 3 atom stereocenters. The van der Waals surface area contributed by atoms with Crippen LogP contribution in [0.25, 0.3) is 17.6 Å². The van der Waals surface area contributed by atoms with Crippen molar-refractivity contribution in [2.45, 2.75) is 76.4 Å². The van der Waals surface area contributed by atoms with Crippen LogP contribution in [0.5, 0.6) is 17.2 Å². The number of aromatic hydroxyl groups is 2. The monoisotopic (exact) mass is 728 g/mol. The minimum absolute atomic E-state index is 0.000301. The van der Waals surface area contributed by atoms with Gasteiger partial charge in [0, 0.05) is 36.9 Å². The van der Waals surface area contributed by atoms with Crippen molar-refractivity contribution in [3.05, 3.63) is 88.9 Å². The molecule has 3 N–H and O–H groups in total. The number of rotatable bonds is 11. The molecule has 2 aromatic heterocycles. The summed E-state index contributed by atoms with van der Waals surface area (Å²) in [4.78, 5) is 48.7. The number of carbonyl (C=O) groups excluding carboxylic acids is 3. The molecule has 0 saturated heterocycles. The van der Waals surface area contributed by atoms with Gasteiger partial charge >= 0.3 is 5.97 Å². The number of carbonyl (C=O) groups is 3. The molecule has 0 aliphatic carbocycles. The van der Waals surface area contributed by atoms with E-state index >= 15 is 0 Å². The van der Waals surface area contributed by atoms with Gasteiger partial charge in [-0.15, -0.1) is 0 Å². The van der Waals surface area contributed by atoms with Gasteiger partial charge in [-0.05, 0) is 92.5 Å². The number of nitrogens with one attached hydrogen (secondary N) is 1. The van der Waals surface area contributed by atoms with E-state index in [0.717, 1.165) is 0 Å². The molecule has 3 heterocycles. The van der Waals surface area contributed by atoms with Crippen molar-refractivity contribution in [1.29, 1.82) is 0 Å². The third-order valence-corrected chi connectivity index (χ3v) is 9.53. The first-order valence-corrected chi connectivity index (χ1v) is 18.7. The van der Waals surface area contributed by atoms with Crippen LogP contribution < -0.4 is 10.1 Å². The zero-order chi connectivity index (χ0) is 37.0. The Morgan fingerprint density at radius 2 is 1.90 bits per heavy atom. The number of cyclic esters (lactones) is 1. The number of esters is 1. The van der Waals surface area contributed by atoms with Crippen molar-refractivity contribution < 1.29 is 38.6 Å². The number of thioether (sulfide) groups is 1. The number of pyridine rings is 1. The zero-order valence-electron chi connectivity index (χ0n) is 29.5. The molecule has 2 unspecified atom stereocenters. The Morgan fingerprint density at radius 3 is 2.63 bits per heavy atom. The molecule has 2 aromatic carbocycles. The van der Waals surface area contributed by atoms with Gasteiger partial charge in [0.15, 0.2) is 0 Å². The molecule has 52 heavy (non-hydrogen) atoms. The average molecular weight is 729 g/mol. The van der Waals surface area contributed by atoms with Crippen molar-refractivity contribution in [2.75, 3.05) is 19.1 Å². The van der Waals surface area contributed by atoms with E-state index in [2.05, 4.69) is 20.4 Å². The minimum atomic E-state index is -0.905. The minimum Gasteiger partial charge on any atom is -0.507 e.